The van der Waals surface area contributed by atoms with Gasteiger partial charge in [-0.1, -0.05) is 31.5 Å². The van der Waals surface area contributed by atoms with E-state index < -0.39 is 20.8 Å². The Hall–Kier alpha value is -0.200. The third-order valence-electron chi connectivity index (χ3n) is 3.52. The molecule has 0 bridgehead atoms. The zero-order chi connectivity index (χ0) is 14.0. The summed E-state index contributed by atoms with van der Waals surface area (Å²) >= 11 is 5.04. The largest absolute Gasteiger partial charge is 0.392 e. The van der Waals surface area contributed by atoms with Crippen LogP contribution in [0.4, 0.5) is 0 Å². The SMILES string of the molecule is CC(C)(C)S(=O)(=O)NC(C(N)=S)C1CCCCC1. The van der Waals surface area contributed by atoms with E-state index in [0.717, 1.165) is 25.7 Å². The van der Waals surface area contributed by atoms with E-state index >= 15 is 0 Å². The van der Waals surface area contributed by atoms with Crippen LogP contribution in [-0.4, -0.2) is 24.2 Å². The van der Waals surface area contributed by atoms with Gasteiger partial charge in [-0.3, -0.25) is 0 Å². The molecule has 0 saturated heterocycles. The number of thiocarbonyl (C=S) groups is 1. The van der Waals surface area contributed by atoms with E-state index in [4.69, 9.17) is 18.0 Å². The lowest BCUT2D eigenvalue weighted by Gasteiger charge is -2.32. The molecule has 0 aromatic rings. The van der Waals surface area contributed by atoms with E-state index in [-0.39, 0.29) is 10.9 Å². The van der Waals surface area contributed by atoms with E-state index in [9.17, 15) is 8.42 Å². The molecule has 1 atom stereocenters. The molecule has 18 heavy (non-hydrogen) atoms. The van der Waals surface area contributed by atoms with Crippen LogP contribution in [0.5, 0.6) is 0 Å². The van der Waals surface area contributed by atoms with E-state index in [1.165, 1.54) is 6.42 Å². The van der Waals surface area contributed by atoms with Crippen molar-refractivity contribution in [1.82, 2.24) is 4.72 Å². The number of nitrogens with one attached hydrogen (secondary N) is 1. The maximum Gasteiger partial charge on any atom is 0.217 e. The molecule has 1 aliphatic carbocycles. The monoisotopic (exact) mass is 292 g/mol. The molecule has 1 fully saturated rings. The number of nitrogens with two attached hydrogens (primary N) is 1. The summed E-state index contributed by atoms with van der Waals surface area (Å²) in [5.74, 6) is 0.244. The predicted octanol–water partition coefficient (Wildman–Crippen LogP) is 1.94. The van der Waals surface area contributed by atoms with Gasteiger partial charge in [0.25, 0.3) is 0 Å². The number of hydrogen-bond donors (Lipinski definition) is 2. The second-order valence-corrected chi connectivity index (χ2v) is 8.95. The molecular formula is C12H24N2O2S2. The molecule has 1 saturated carbocycles. The van der Waals surface area contributed by atoms with Crippen LogP contribution in [0.3, 0.4) is 0 Å². The summed E-state index contributed by atoms with van der Waals surface area (Å²) in [6.07, 6.45) is 5.46. The maximum absolute atomic E-state index is 12.2. The Balaban J connectivity index is 2.84. The molecule has 1 rings (SSSR count). The predicted molar refractivity (Wildman–Crippen MR) is 79.0 cm³/mol. The molecule has 0 aromatic heterocycles. The zero-order valence-corrected chi connectivity index (χ0v) is 13.0. The quantitative estimate of drug-likeness (QED) is 0.777. The normalized spacial score (nSPS) is 20.6. The van der Waals surface area contributed by atoms with Crippen molar-refractivity contribution in [1.29, 1.82) is 0 Å². The molecule has 1 aliphatic rings. The molecule has 0 heterocycles. The standard InChI is InChI=1S/C12H24N2O2S2/c1-12(2,3)18(15,16)14-10(11(13)17)9-7-5-4-6-8-9/h9-10,14H,4-8H2,1-3H3,(H2,13,17). The minimum Gasteiger partial charge on any atom is -0.392 e. The van der Waals surface area contributed by atoms with E-state index in [0.29, 0.717) is 0 Å². The summed E-state index contributed by atoms with van der Waals surface area (Å²) in [6, 6.07) is -0.399. The lowest BCUT2D eigenvalue weighted by molar-refractivity contribution is 0.329. The third-order valence-corrected chi connectivity index (χ3v) is 5.95. The Bertz CT molecular complexity index is 393. The van der Waals surface area contributed by atoms with Crippen LogP contribution in [-0.2, 0) is 10.0 Å². The van der Waals surface area contributed by atoms with E-state index in [2.05, 4.69) is 4.72 Å². The van der Waals surface area contributed by atoms with Crippen LogP contribution >= 0.6 is 12.2 Å². The first-order valence-electron chi connectivity index (χ1n) is 6.46. The van der Waals surface area contributed by atoms with Gasteiger partial charge in [0.2, 0.25) is 10.0 Å². The molecule has 6 heteroatoms. The van der Waals surface area contributed by atoms with Crippen molar-refractivity contribution in [3.05, 3.63) is 0 Å². The van der Waals surface area contributed by atoms with Crippen LogP contribution in [0, 0.1) is 5.92 Å². The van der Waals surface area contributed by atoms with Gasteiger partial charge in [0.15, 0.2) is 0 Å². The molecule has 0 aliphatic heterocycles. The summed E-state index contributed by atoms with van der Waals surface area (Å²) in [4.78, 5) is 0.259. The topological polar surface area (TPSA) is 72.2 Å². The highest BCUT2D eigenvalue weighted by molar-refractivity contribution is 7.91. The highest BCUT2D eigenvalue weighted by atomic mass is 32.2. The smallest absolute Gasteiger partial charge is 0.217 e. The molecule has 0 amide bonds. The van der Waals surface area contributed by atoms with Crippen LogP contribution in [0.15, 0.2) is 0 Å². The number of rotatable bonds is 4. The van der Waals surface area contributed by atoms with Gasteiger partial charge in [-0.05, 0) is 39.5 Å². The summed E-state index contributed by atoms with van der Waals surface area (Å²) in [5, 5.41) is 0. The minimum absolute atomic E-state index is 0.244. The van der Waals surface area contributed by atoms with Gasteiger partial charge >= 0.3 is 0 Å². The molecule has 106 valence electrons. The second kappa shape index (κ2) is 5.84. The fraction of sp³-hybridized carbons (Fsp3) is 0.917. The lowest BCUT2D eigenvalue weighted by atomic mass is 9.84. The van der Waals surface area contributed by atoms with Crippen molar-refractivity contribution in [2.45, 2.75) is 63.7 Å². The molecule has 0 aromatic carbocycles. The molecule has 3 N–H and O–H groups in total. The fourth-order valence-electron chi connectivity index (χ4n) is 2.20. The van der Waals surface area contributed by atoms with Gasteiger partial charge in [-0.25, -0.2) is 13.1 Å². The van der Waals surface area contributed by atoms with Crippen molar-refractivity contribution >= 4 is 27.2 Å². The Morgan fingerprint density at radius 1 is 1.28 bits per heavy atom. The molecule has 0 radical (unpaired) electrons. The second-order valence-electron chi connectivity index (χ2n) is 6.01. The van der Waals surface area contributed by atoms with Crippen molar-refractivity contribution in [2.24, 2.45) is 11.7 Å². The van der Waals surface area contributed by atoms with Gasteiger partial charge in [-0.2, -0.15) is 0 Å². The highest BCUT2D eigenvalue weighted by Crippen LogP contribution is 2.28. The average Bonchev–Trinajstić information content (AvgIpc) is 2.25. The summed E-state index contributed by atoms with van der Waals surface area (Å²) in [7, 11) is -3.41. The lowest BCUT2D eigenvalue weighted by Crippen LogP contribution is -2.53. The Morgan fingerprint density at radius 3 is 2.17 bits per heavy atom. The van der Waals surface area contributed by atoms with Crippen LogP contribution in [0.2, 0.25) is 0 Å². The van der Waals surface area contributed by atoms with Crippen molar-refractivity contribution < 1.29 is 8.42 Å². The van der Waals surface area contributed by atoms with Gasteiger partial charge in [0.1, 0.15) is 0 Å². The highest BCUT2D eigenvalue weighted by Gasteiger charge is 2.35. The summed E-state index contributed by atoms with van der Waals surface area (Å²) in [6.45, 7) is 5.02. The van der Waals surface area contributed by atoms with Crippen molar-refractivity contribution in [3.63, 3.8) is 0 Å². The average molecular weight is 292 g/mol. The molecule has 0 spiro atoms. The van der Waals surface area contributed by atoms with E-state index in [1.54, 1.807) is 20.8 Å². The Morgan fingerprint density at radius 2 is 1.78 bits per heavy atom. The van der Waals surface area contributed by atoms with Crippen molar-refractivity contribution in [3.8, 4) is 0 Å². The van der Waals surface area contributed by atoms with Crippen LogP contribution in [0.1, 0.15) is 52.9 Å². The van der Waals surface area contributed by atoms with Gasteiger partial charge in [-0.15, -0.1) is 0 Å². The van der Waals surface area contributed by atoms with Crippen molar-refractivity contribution in [2.75, 3.05) is 0 Å². The third kappa shape index (κ3) is 3.90. The van der Waals surface area contributed by atoms with Crippen LogP contribution < -0.4 is 10.5 Å². The summed E-state index contributed by atoms with van der Waals surface area (Å²) in [5.41, 5.74) is 5.72. The molecule has 4 nitrogen and oxygen atoms in total. The maximum atomic E-state index is 12.2. The van der Waals surface area contributed by atoms with Gasteiger partial charge in [0.05, 0.1) is 15.8 Å². The zero-order valence-electron chi connectivity index (χ0n) is 11.4. The first kappa shape index (κ1) is 15.9. The fourth-order valence-corrected chi connectivity index (χ4v) is 3.53. The number of sulfonamides is 1. The number of hydrogen-bond acceptors (Lipinski definition) is 3. The summed E-state index contributed by atoms with van der Waals surface area (Å²) < 4.78 is 26.2. The Labute approximate surface area is 116 Å². The molecule has 1 unspecified atom stereocenters. The molecular weight excluding hydrogens is 268 g/mol. The van der Waals surface area contributed by atoms with E-state index in [1.807, 2.05) is 0 Å². The minimum atomic E-state index is -3.41. The van der Waals surface area contributed by atoms with Gasteiger partial charge < -0.3 is 5.73 Å². The first-order valence-corrected chi connectivity index (χ1v) is 8.35. The first-order chi connectivity index (χ1) is 8.15. The van der Waals surface area contributed by atoms with Gasteiger partial charge in [0, 0.05) is 0 Å². The Kier molecular flexibility index (Phi) is 5.14. The van der Waals surface area contributed by atoms with Crippen LogP contribution in [0.25, 0.3) is 0 Å².